The van der Waals surface area contributed by atoms with E-state index in [4.69, 9.17) is 9.47 Å². The van der Waals surface area contributed by atoms with Gasteiger partial charge < -0.3 is 29.5 Å². The van der Waals surface area contributed by atoms with Gasteiger partial charge in [-0.05, 0) is 43.5 Å². The summed E-state index contributed by atoms with van der Waals surface area (Å²) in [6.07, 6.45) is 1.10. The van der Waals surface area contributed by atoms with Gasteiger partial charge in [-0.3, -0.25) is 9.69 Å². The molecule has 0 unspecified atom stereocenters. The van der Waals surface area contributed by atoms with E-state index in [1.54, 1.807) is 0 Å². The van der Waals surface area contributed by atoms with E-state index in [0.29, 0.717) is 45.6 Å². The predicted octanol–water partition coefficient (Wildman–Crippen LogP) is 2.21. The van der Waals surface area contributed by atoms with Crippen LogP contribution >= 0.6 is 0 Å². The summed E-state index contributed by atoms with van der Waals surface area (Å²) in [4.78, 5) is 18.3. The average Bonchev–Trinajstić information content (AvgIpc) is 3.04. The van der Waals surface area contributed by atoms with Crippen LogP contribution in [0.15, 0.2) is 42.5 Å². The molecule has 208 valence electrons. The zero-order valence-corrected chi connectivity index (χ0v) is 22.0. The molecule has 10 heteroatoms. The summed E-state index contributed by atoms with van der Waals surface area (Å²) < 4.78 is 38.3. The minimum atomic E-state index is -1.59. The van der Waals surface area contributed by atoms with Crippen molar-refractivity contribution in [3.63, 3.8) is 0 Å². The number of benzene rings is 2. The Hall–Kier alpha value is -2.79. The fourth-order valence-corrected chi connectivity index (χ4v) is 5.36. The second kappa shape index (κ2) is 11.9. The molecule has 2 aliphatic heterocycles. The molecule has 0 saturated carbocycles. The Bertz CT molecular complexity index is 1110. The molecule has 8 nitrogen and oxygen atoms in total. The molecule has 0 spiro atoms. The van der Waals surface area contributed by atoms with E-state index in [1.165, 1.54) is 29.7 Å². The quantitative estimate of drug-likeness (QED) is 0.538. The average molecular weight is 534 g/mol. The highest BCUT2D eigenvalue weighted by atomic mass is 19.2. The molecule has 2 aliphatic rings. The molecule has 2 saturated heterocycles. The van der Waals surface area contributed by atoms with E-state index in [9.17, 15) is 23.8 Å². The van der Waals surface area contributed by atoms with E-state index in [1.807, 2.05) is 17.0 Å². The van der Waals surface area contributed by atoms with Gasteiger partial charge in [-0.25, -0.2) is 4.39 Å². The van der Waals surface area contributed by atoms with Crippen molar-refractivity contribution >= 4 is 11.6 Å². The van der Waals surface area contributed by atoms with Crippen LogP contribution in [-0.4, -0.2) is 103 Å². The number of piperidine rings is 1. The summed E-state index contributed by atoms with van der Waals surface area (Å²) >= 11 is 0. The Morgan fingerprint density at radius 2 is 1.71 bits per heavy atom. The van der Waals surface area contributed by atoms with Crippen LogP contribution in [0, 0.1) is 18.6 Å². The van der Waals surface area contributed by atoms with Crippen LogP contribution in [0.25, 0.3) is 0 Å². The van der Waals surface area contributed by atoms with Gasteiger partial charge >= 0.3 is 0 Å². The standard InChI is InChI=1S/C28H37F2N3O5/c1-21-6-3-4-8-23(21)32-12-10-27(35,11-13-32)17-31-14-15-33(25(34)16-37-2)19-28(36,18-31)20-38-24-9-5-7-22(29)26(24)30/h3-9,35-36H,10-20H2,1-2H3/t28-/m1/s1. The number of carbonyl (C=O) groups is 1. The monoisotopic (exact) mass is 533 g/mol. The molecular formula is C28H37F2N3O5. The predicted molar refractivity (Wildman–Crippen MR) is 139 cm³/mol. The van der Waals surface area contributed by atoms with Crippen molar-refractivity contribution in [2.24, 2.45) is 0 Å². The lowest BCUT2D eigenvalue weighted by molar-refractivity contribution is -0.138. The van der Waals surface area contributed by atoms with E-state index in [-0.39, 0.29) is 38.0 Å². The van der Waals surface area contributed by atoms with Gasteiger partial charge in [-0.1, -0.05) is 24.3 Å². The van der Waals surface area contributed by atoms with Gasteiger partial charge in [0.25, 0.3) is 0 Å². The van der Waals surface area contributed by atoms with Gasteiger partial charge in [0.2, 0.25) is 11.7 Å². The number of para-hydroxylation sites is 1. The molecule has 0 radical (unpaired) electrons. The zero-order valence-electron chi connectivity index (χ0n) is 22.0. The number of methoxy groups -OCH3 is 1. The van der Waals surface area contributed by atoms with Crippen LogP contribution in [0.3, 0.4) is 0 Å². The van der Waals surface area contributed by atoms with E-state index in [0.717, 1.165) is 11.8 Å². The fourth-order valence-electron chi connectivity index (χ4n) is 5.36. The number of amides is 1. The van der Waals surface area contributed by atoms with Crippen LogP contribution in [0.2, 0.25) is 0 Å². The molecule has 38 heavy (non-hydrogen) atoms. The summed E-state index contributed by atoms with van der Waals surface area (Å²) in [6, 6.07) is 11.8. The lowest BCUT2D eigenvalue weighted by atomic mass is 9.89. The Kier molecular flexibility index (Phi) is 8.87. The van der Waals surface area contributed by atoms with Crippen LogP contribution < -0.4 is 9.64 Å². The molecule has 0 bridgehead atoms. The summed E-state index contributed by atoms with van der Waals surface area (Å²) in [5, 5.41) is 23.0. The van der Waals surface area contributed by atoms with Gasteiger partial charge in [0, 0.05) is 52.1 Å². The Balaban J connectivity index is 1.45. The summed E-state index contributed by atoms with van der Waals surface area (Å²) in [6.45, 7) is 4.03. The highest BCUT2D eigenvalue weighted by molar-refractivity contribution is 5.77. The second-order valence-electron chi connectivity index (χ2n) is 10.5. The Morgan fingerprint density at radius 1 is 0.974 bits per heavy atom. The van der Waals surface area contributed by atoms with Gasteiger partial charge in [0.1, 0.15) is 18.8 Å². The number of carbonyl (C=O) groups excluding carboxylic acids is 1. The lowest BCUT2D eigenvalue weighted by Gasteiger charge is -2.43. The number of aryl methyl sites for hydroxylation is 1. The van der Waals surface area contributed by atoms with E-state index in [2.05, 4.69) is 24.0 Å². The first-order valence-electron chi connectivity index (χ1n) is 12.9. The molecule has 2 N–H and O–H groups in total. The third-order valence-corrected chi connectivity index (χ3v) is 7.39. The Morgan fingerprint density at radius 3 is 2.42 bits per heavy atom. The number of anilines is 1. The molecular weight excluding hydrogens is 496 g/mol. The van der Waals surface area contributed by atoms with Crippen molar-refractivity contribution < 1.29 is 33.3 Å². The molecule has 2 fully saturated rings. The first-order chi connectivity index (χ1) is 18.1. The number of β-amino-alcohol motifs (C(OH)–C–C–N with tert-alkyl or cyclic N) is 2. The van der Waals surface area contributed by atoms with E-state index < -0.39 is 22.8 Å². The van der Waals surface area contributed by atoms with Crippen LogP contribution in [0.4, 0.5) is 14.5 Å². The topological polar surface area (TPSA) is 85.7 Å². The summed E-state index contributed by atoms with van der Waals surface area (Å²) in [5.74, 6) is -2.79. The summed E-state index contributed by atoms with van der Waals surface area (Å²) in [5.41, 5.74) is -0.211. The maximum atomic E-state index is 14.2. The first-order valence-corrected chi connectivity index (χ1v) is 12.9. The number of rotatable bonds is 8. The lowest BCUT2D eigenvalue weighted by Crippen LogP contribution is -2.56. The van der Waals surface area contributed by atoms with Crippen molar-refractivity contribution in [1.82, 2.24) is 9.80 Å². The molecule has 0 aliphatic carbocycles. The molecule has 1 amide bonds. The van der Waals surface area contributed by atoms with Gasteiger partial charge in [0.05, 0.1) is 12.1 Å². The van der Waals surface area contributed by atoms with Crippen LogP contribution in [0.5, 0.6) is 5.75 Å². The maximum absolute atomic E-state index is 14.2. The zero-order chi connectivity index (χ0) is 27.3. The van der Waals surface area contributed by atoms with Crippen molar-refractivity contribution in [3.8, 4) is 5.75 Å². The van der Waals surface area contributed by atoms with Crippen LogP contribution in [-0.2, 0) is 9.53 Å². The third-order valence-electron chi connectivity index (χ3n) is 7.39. The number of halogens is 2. The maximum Gasteiger partial charge on any atom is 0.248 e. The largest absolute Gasteiger partial charge is 0.487 e. The molecule has 2 aromatic rings. The van der Waals surface area contributed by atoms with Crippen LogP contribution in [0.1, 0.15) is 18.4 Å². The van der Waals surface area contributed by atoms with Crippen molar-refractivity contribution in [1.29, 1.82) is 0 Å². The number of aliphatic hydroxyl groups is 2. The normalized spacial score (nSPS) is 22.3. The van der Waals surface area contributed by atoms with Crippen molar-refractivity contribution in [3.05, 3.63) is 59.7 Å². The molecule has 4 rings (SSSR count). The Labute approximate surface area is 222 Å². The number of hydrogen-bond acceptors (Lipinski definition) is 7. The molecule has 1 atom stereocenters. The SMILES string of the molecule is COCC(=O)N1CCN(CC2(O)CCN(c3ccccc3C)CC2)C[C@](O)(COc2cccc(F)c2F)C1. The van der Waals surface area contributed by atoms with Crippen molar-refractivity contribution in [2.75, 3.05) is 71.0 Å². The number of ether oxygens (including phenoxy) is 2. The smallest absolute Gasteiger partial charge is 0.248 e. The third kappa shape index (κ3) is 6.79. The second-order valence-corrected chi connectivity index (χ2v) is 10.5. The van der Waals surface area contributed by atoms with Gasteiger partial charge in [-0.2, -0.15) is 4.39 Å². The minimum Gasteiger partial charge on any atom is -0.487 e. The molecule has 2 heterocycles. The van der Waals surface area contributed by atoms with Gasteiger partial charge in [-0.15, -0.1) is 0 Å². The highest BCUT2D eigenvalue weighted by Crippen LogP contribution is 2.30. The summed E-state index contributed by atoms with van der Waals surface area (Å²) in [7, 11) is 1.42. The van der Waals surface area contributed by atoms with Gasteiger partial charge in [0.15, 0.2) is 11.6 Å². The molecule has 2 aromatic carbocycles. The number of nitrogens with zero attached hydrogens (tertiary/aromatic N) is 3. The van der Waals surface area contributed by atoms with Crippen molar-refractivity contribution in [2.45, 2.75) is 31.0 Å². The minimum absolute atomic E-state index is 0.0673. The number of hydrogen-bond donors (Lipinski definition) is 2. The first kappa shape index (κ1) is 28.2. The highest BCUT2D eigenvalue weighted by Gasteiger charge is 2.41. The molecule has 0 aromatic heterocycles. The fraction of sp³-hybridized carbons (Fsp3) is 0.536. The van der Waals surface area contributed by atoms with E-state index >= 15 is 0 Å².